The number of piperazine rings is 1. The van der Waals surface area contributed by atoms with E-state index in [0.717, 1.165) is 11.1 Å². The average Bonchev–Trinajstić information content (AvgIpc) is 3.24. The van der Waals surface area contributed by atoms with Gasteiger partial charge in [0.25, 0.3) is 5.91 Å². The number of nitrogens with zero attached hydrogens (tertiary/aromatic N) is 3. The molecule has 0 atom stereocenters. The Kier molecular flexibility index (Phi) is 5.46. The fourth-order valence-electron chi connectivity index (χ4n) is 3.49. The first-order valence-corrected chi connectivity index (χ1v) is 11.1. The predicted octanol–water partition coefficient (Wildman–Crippen LogP) is 2.36. The first-order valence-electron chi connectivity index (χ1n) is 9.44. The van der Waals surface area contributed by atoms with Gasteiger partial charge in [-0.2, -0.15) is 9.40 Å². The van der Waals surface area contributed by atoms with E-state index in [2.05, 4.69) is 10.2 Å². The highest BCUT2D eigenvalue weighted by atomic mass is 32.2. The number of hydrogen-bond donors (Lipinski definition) is 1. The fraction of sp³-hybridized carbons (Fsp3) is 0.238. The van der Waals surface area contributed by atoms with Crippen molar-refractivity contribution in [3.8, 4) is 11.3 Å². The summed E-state index contributed by atoms with van der Waals surface area (Å²) in [5, 5.41) is 6.94. The van der Waals surface area contributed by atoms with Crippen LogP contribution in [0.1, 0.15) is 15.9 Å². The van der Waals surface area contributed by atoms with Gasteiger partial charge in [-0.1, -0.05) is 60.7 Å². The largest absolute Gasteiger partial charge is 0.336 e. The van der Waals surface area contributed by atoms with Gasteiger partial charge in [0.05, 0.1) is 23.2 Å². The van der Waals surface area contributed by atoms with Gasteiger partial charge in [0.1, 0.15) is 0 Å². The van der Waals surface area contributed by atoms with Crippen LogP contribution in [0, 0.1) is 0 Å². The van der Waals surface area contributed by atoms with Crippen molar-refractivity contribution < 1.29 is 13.2 Å². The number of aromatic nitrogens is 2. The Bertz CT molecular complexity index is 1070. The monoisotopic (exact) mass is 410 g/mol. The van der Waals surface area contributed by atoms with E-state index in [4.69, 9.17) is 0 Å². The number of aromatic amines is 1. The molecule has 1 aromatic heterocycles. The first kappa shape index (κ1) is 19.4. The van der Waals surface area contributed by atoms with Gasteiger partial charge in [0.15, 0.2) is 0 Å². The molecule has 1 N–H and O–H groups in total. The maximum Gasteiger partial charge on any atom is 0.257 e. The number of rotatable bonds is 5. The van der Waals surface area contributed by atoms with Crippen molar-refractivity contribution in [1.82, 2.24) is 19.4 Å². The minimum Gasteiger partial charge on any atom is -0.336 e. The molecule has 2 aromatic carbocycles. The highest BCUT2D eigenvalue weighted by molar-refractivity contribution is 7.88. The zero-order valence-corrected chi connectivity index (χ0v) is 16.7. The van der Waals surface area contributed by atoms with Crippen molar-refractivity contribution in [2.75, 3.05) is 26.2 Å². The molecular formula is C21H22N4O3S. The molecule has 0 unspecified atom stereocenters. The molecule has 0 aliphatic carbocycles. The van der Waals surface area contributed by atoms with Gasteiger partial charge < -0.3 is 4.90 Å². The van der Waals surface area contributed by atoms with Crippen LogP contribution in [0.4, 0.5) is 0 Å². The van der Waals surface area contributed by atoms with Gasteiger partial charge in [-0.05, 0) is 5.56 Å². The summed E-state index contributed by atoms with van der Waals surface area (Å²) in [6.07, 6.45) is 1.53. The van der Waals surface area contributed by atoms with Crippen molar-refractivity contribution in [1.29, 1.82) is 0 Å². The Morgan fingerprint density at radius 2 is 1.55 bits per heavy atom. The number of amides is 1. The van der Waals surface area contributed by atoms with Crippen molar-refractivity contribution in [2.45, 2.75) is 5.75 Å². The standard InChI is InChI=1S/C21H22N4O3S/c26-21(19-15-22-23-20(19)18-9-5-2-6-10-18)24-11-13-25(14-12-24)29(27,28)16-17-7-3-1-4-8-17/h1-10,15H,11-14,16H2,(H,22,23). The third-order valence-electron chi connectivity index (χ3n) is 5.04. The Labute approximate surface area is 170 Å². The summed E-state index contributed by atoms with van der Waals surface area (Å²) < 4.78 is 26.9. The van der Waals surface area contributed by atoms with Gasteiger partial charge in [-0.3, -0.25) is 9.89 Å². The molecule has 3 aromatic rings. The van der Waals surface area contributed by atoms with Crippen LogP contribution in [0.2, 0.25) is 0 Å². The second kappa shape index (κ2) is 8.18. The van der Waals surface area contributed by atoms with E-state index < -0.39 is 10.0 Å². The van der Waals surface area contributed by atoms with Crippen molar-refractivity contribution in [3.05, 3.63) is 78.0 Å². The molecule has 1 fully saturated rings. The number of nitrogens with one attached hydrogen (secondary N) is 1. The molecule has 7 nitrogen and oxygen atoms in total. The molecule has 1 aliphatic heterocycles. The molecule has 150 valence electrons. The molecule has 0 saturated carbocycles. The zero-order chi connectivity index (χ0) is 20.3. The van der Waals surface area contributed by atoms with Crippen LogP contribution in [0.3, 0.4) is 0 Å². The molecule has 1 aliphatic rings. The van der Waals surface area contributed by atoms with E-state index in [0.29, 0.717) is 37.4 Å². The molecule has 29 heavy (non-hydrogen) atoms. The van der Waals surface area contributed by atoms with Gasteiger partial charge >= 0.3 is 0 Å². The highest BCUT2D eigenvalue weighted by Crippen LogP contribution is 2.23. The summed E-state index contributed by atoms with van der Waals surface area (Å²) in [6.45, 7) is 1.29. The summed E-state index contributed by atoms with van der Waals surface area (Å²) in [4.78, 5) is 14.7. The van der Waals surface area contributed by atoms with Crippen LogP contribution in [0.25, 0.3) is 11.3 Å². The maximum atomic E-state index is 13.0. The van der Waals surface area contributed by atoms with Crippen LogP contribution in [-0.4, -0.2) is 59.9 Å². The van der Waals surface area contributed by atoms with Gasteiger partial charge in [-0.25, -0.2) is 8.42 Å². The highest BCUT2D eigenvalue weighted by Gasteiger charge is 2.30. The molecule has 2 heterocycles. The van der Waals surface area contributed by atoms with Crippen molar-refractivity contribution >= 4 is 15.9 Å². The van der Waals surface area contributed by atoms with Crippen molar-refractivity contribution in [3.63, 3.8) is 0 Å². The number of carbonyl (C=O) groups is 1. The number of hydrogen-bond acceptors (Lipinski definition) is 4. The Balaban J connectivity index is 1.43. The minimum absolute atomic E-state index is 0.0261. The number of benzene rings is 2. The second-order valence-electron chi connectivity index (χ2n) is 6.96. The van der Waals surface area contributed by atoms with E-state index in [1.807, 2.05) is 48.5 Å². The molecule has 1 saturated heterocycles. The topological polar surface area (TPSA) is 86.4 Å². The summed E-state index contributed by atoms with van der Waals surface area (Å²) in [5.41, 5.74) is 2.82. The van der Waals surface area contributed by atoms with Gasteiger partial charge in [0.2, 0.25) is 10.0 Å². The summed E-state index contributed by atoms with van der Waals surface area (Å²) >= 11 is 0. The van der Waals surface area contributed by atoms with E-state index in [-0.39, 0.29) is 11.7 Å². The van der Waals surface area contributed by atoms with Gasteiger partial charge in [-0.15, -0.1) is 0 Å². The lowest BCUT2D eigenvalue weighted by Crippen LogP contribution is -2.50. The van der Waals surface area contributed by atoms with E-state index >= 15 is 0 Å². The number of H-pyrrole nitrogens is 1. The lowest BCUT2D eigenvalue weighted by Gasteiger charge is -2.34. The van der Waals surface area contributed by atoms with Crippen LogP contribution in [0.15, 0.2) is 66.9 Å². The molecule has 4 rings (SSSR count). The lowest BCUT2D eigenvalue weighted by molar-refractivity contribution is 0.0698. The Morgan fingerprint density at radius 3 is 2.21 bits per heavy atom. The fourth-order valence-corrected chi connectivity index (χ4v) is 5.00. The SMILES string of the molecule is O=C(c1cn[nH]c1-c1ccccc1)N1CCN(S(=O)(=O)Cc2ccccc2)CC1. The average molecular weight is 410 g/mol. The van der Waals surface area contributed by atoms with Crippen LogP contribution in [-0.2, 0) is 15.8 Å². The summed E-state index contributed by atoms with van der Waals surface area (Å²) in [6, 6.07) is 18.7. The zero-order valence-electron chi connectivity index (χ0n) is 15.9. The van der Waals surface area contributed by atoms with Crippen LogP contribution >= 0.6 is 0 Å². The first-order chi connectivity index (χ1) is 14.0. The third kappa shape index (κ3) is 4.23. The van der Waals surface area contributed by atoms with Crippen molar-refractivity contribution in [2.24, 2.45) is 0 Å². The summed E-state index contributed by atoms with van der Waals surface area (Å²) in [7, 11) is -3.41. The number of carbonyl (C=O) groups excluding carboxylic acids is 1. The van der Waals surface area contributed by atoms with Gasteiger partial charge in [0, 0.05) is 31.7 Å². The minimum atomic E-state index is -3.41. The smallest absolute Gasteiger partial charge is 0.257 e. The molecule has 8 heteroatoms. The van der Waals surface area contributed by atoms with E-state index in [1.165, 1.54) is 10.5 Å². The summed E-state index contributed by atoms with van der Waals surface area (Å²) in [5.74, 6) is -0.167. The van der Waals surface area contributed by atoms with E-state index in [1.54, 1.807) is 17.0 Å². The normalized spacial score (nSPS) is 15.4. The predicted molar refractivity (Wildman–Crippen MR) is 111 cm³/mol. The molecule has 0 spiro atoms. The molecule has 0 radical (unpaired) electrons. The molecular weight excluding hydrogens is 388 g/mol. The maximum absolute atomic E-state index is 13.0. The van der Waals surface area contributed by atoms with Crippen LogP contribution in [0.5, 0.6) is 0 Å². The van der Waals surface area contributed by atoms with Crippen LogP contribution < -0.4 is 0 Å². The second-order valence-corrected chi connectivity index (χ2v) is 8.93. The van der Waals surface area contributed by atoms with E-state index in [9.17, 15) is 13.2 Å². The molecule has 0 bridgehead atoms. The number of sulfonamides is 1. The Morgan fingerprint density at radius 1 is 0.931 bits per heavy atom. The molecule has 1 amide bonds. The third-order valence-corrected chi connectivity index (χ3v) is 6.89. The lowest BCUT2D eigenvalue weighted by atomic mass is 10.1. The Hall–Kier alpha value is -2.97. The quantitative estimate of drug-likeness (QED) is 0.700.